The minimum atomic E-state index is -4.35. The Balaban J connectivity index is 2.04. The highest BCUT2D eigenvalue weighted by atomic mass is 19.4. The van der Waals surface area contributed by atoms with Crippen molar-refractivity contribution in [3.63, 3.8) is 0 Å². The zero-order valence-electron chi connectivity index (χ0n) is 11.2. The first-order chi connectivity index (χ1) is 9.47. The number of nitrogens with zero attached hydrogens (tertiary/aromatic N) is 3. The maximum Gasteiger partial charge on any atom is 0.417 e. The maximum absolute atomic E-state index is 12.8. The average molecular weight is 286 g/mol. The molecule has 1 atom stereocenters. The Labute approximate surface area is 115 Å². The lowest BCUT2D eigenvalue weighted by Gasteiger charge is -2.36. The first-order valence-electron chi connectivity index (χ1n) is 6.72. The Morgan fingerprint density at radius 1 is 1.35 bits per heavy atom. The van der Waals surface area contributed by atoms with Gasteiger partial charge >= 0.3 is 6.18 Å². The van der Waals surface area contributed by atoms with Crippen molar-refractivity contribution in [1.29, 1.82) is 0 Å². The number of rotatable bonds is 0. The lowest BCUT2D eigenvalue weighted by molar-refractivity contribution is -0.137. The van der Waals surface area contributed by atoms with Crippen molar-refractivity contribution in [2.45, 2.75) is 18.6 Å². The number of fused-ring (bicyclic) bond motifs is 3. The Hall–Kier alpha value is -1.50. The van der Waals surface area contributed by atoms with E-state index in [1.54, 1.807) is 0 Å². The van der Waals surface area contributed by atoms with Gasteiger partial charge in [-0.15, -0.1) is 0 Å². The molecule has 7 heteroatoms. The molecule has 2 aliphatic heterocycles. The fourth-order valence-electron chi connectivity index (χ4n) is 2.86. The van der Waals surface area contributed by atoms with E-state index < -0.39 is 11.7 Å². The highest BCUT2D eigenvalue weighted by molar-refractivity contribution is 5.69. The van der Waals surface area contributed by atoms with Gasteiger partial charge in [0.15, 0.2) is 5.82 Å². The second-order valence-corrected chi connectivity index (χ2v) is 5.33. The summed E-state index contributed by atoms with van der Waals surface area (Å²) in [6.45, 7) is 3.21. The summed E-state index contributed by atoms with van der Waals surface area (Å²) in [6, 6.07) is 1.52. The van der Waals surface area contributed by atoms with Gasteiger partial charge in [-0.25, -0.2) is 4.98 Å². The van der Waals surface area contributed by atoms with E-state index in [2.05, 4.69) is 15.2 Å². The number of hydrogen-bond acceptors (Lipinski definition) is 4. The normalized spacial score (nSPS) is 23.1. The molecule has 0 spiro atoms. The van der Waals surface area contributed by atoms with E-state index >= 15 is 0 Å². The van der Waals surface area contributed by atoms with E-state index in [-0.39, 0.29) is 0 Å². The molecule has 3 rings (SSSR count). The number of aromatic nitrogens is 1. The lowest BCUT2D eigenvalue weighted by atomic mass is 10.1. The van der Waals surface area contributed by atoms with Gasteiger partial charge in [0.25, 0.3) is 0 Å². The van der Waals surface area contributed by atoms with Crippen molar-refractivity contribution in [2.24, 2.45) is 0 Å². The molecular formula is C13H17F3N4. The Kier molecular flexibility index (Phi) is 3.24. The molecule has 0 radical (unpaired) electrons. The number of piperazine rings is 1. The summed E-state index contributed by atoms with van der Waals surface area (Å²) in [5.74, 6) is 0.671. The van der Waals surface area contributed by atoms with Crippen LogP contribution in [-0.2, 0) is 6.18 Å². The van der Waals surface area contributed by atoms with Crippen LogP contribution in [0.1, 0.15) is 12.0 Å². The third-order valence-electron chi connectivity index (χ3n) is 4.01. The van der Waals surface area contributed by atoms with Crippen LogP contribution in [0.25, 0.3) is 0 Å². The van der Waals surface area contributed by atoms with Gasteiger partial charge in [-0.3, -0.25) is 0 Å². The zero-order chi connectivity index (χ0) is 14.3. The lowest BCUT2D eigenvalue weighted by Crippen LogP contribution is -2.51. The van der Waals surface area contributed by atoms with Crippen LogP contribution in [0.15, 0.2) is 12.3 Å². The van der Waals surface area contributed by atoms with Crippen molar-refractivity contribution in [3.05, 3.63) is 17.8 Å². The summed E-state index contributed by atoms with van der Waals surface area (Å²) in [4.78, 5) is 8.12. The minimum Gasteiger partial charge on any atom is -0.372 e. The molecule has 0 amide bonds. The van der Waals surface area contributed by atoms with Crippen LogP contribution in [0.4, 0.5) is 24.7 Å². The summed E-state index contributed by atoms with van der Waals surface area (Å²) in [7, 11) is 1.83. The van der Waals surface area contributed by atoms with Crippen LogP contribution in [-0.4, -0.2) is 44.3 Å². The SMILES string of the molecule is CN1CCC2CNCCN2c2ncc(C(F)(F)F)cc21. The Morgan fingerprint density at radius 3 is 2.90 bits per heavy atom. The van der Waals surface area contributed by atoms with Crippen LogP contribution in [0.2, 0.25) is 0 Å². The first kappa shape index (κ1) is 13.5. The topological polar surface area (TPSA) is 31.4 Å². The standard InChI is InChI=1S/C13H17F3N4/c1-19-4-2-10-8-17-3-5-20(10)12-11(19)6-9(7-18-12)13(14,15)16/h6-7,10,17H,2-5,8H2,1H3. The van der Waals surface area contributed by atoms with Gasteiger partial charge in [0, 0.05) is 45.5 Å². The number of alkyl halides is 3. The highest BCUT2D eigenvalue weighted by Crippen LogP contribution is 2.37. The van der Waals surface area contributed by atoms with Crippen LogP contribution in [0.3, 0.4) is 0 Å². The largest absolute Gasteiger partial charge is 0.417 e. The van der Waals surface area contributed by atoms with Gasteiger partial charge in [0.05, 0.1) is 11.3 Å². The van der Waals surface area contributed by atoms with Crippen LogP contribution in [0.5, 0.6) is 0 Å². The smallest absolute Gasteiger partial charge is 0.372 e. The predicted octanol–water partition coefficient (Wildman–Crippen LogP) is 1.72. The van der Waals surface area contributed by atoms with E-state index in [1.807, 2.05) is 11.9 Å². The van der Waals surface area contributed by atoms with E-state index in [1.165, 1.54) is 6.07 Å². The second kappa shape index (κ2) is 4.80. The van der Waals surface area contributed by atoms with Crippen molar-refractivity contribution < 1.29 is 13.2 Å². The molecule has 1 N–H and O–H groups in total. The molecule has 1 unspecified atom stereocenters. The predicted molar refractivity (Wildman–Crippen MR) is 71.1 cm³/mol. The molecule has 1 saturated heterocycles. The molecule has 110 valence electrons. The van der Waals surface area contributed by atoms with Gasteiger partial charge in [-0.2, -0.15) is 13.2 Å². The van der Waals surface area contributed by atoms with E-state index in [9.17, 15) is 13.2 Å². The number of pyridine rings is 1. The zero-order valence-corrected chi connectivity index (χ0v) is 11.2. The van der Waals surface area contributed by atoms with E-state index in [4.69, 9.17) is 0 Å². The van der Waals surface area contributed by atoms with Gasteiger partial charge in [0.2, 0.25) is 0 Å². The Bertz CT molecular complexity index is 503. The molecular weight excluding hydrogens is 269 g/mol. The molecule has 1 aromatic rings. The second-order valence-electron chi connectivity index (χ2n) is 5.33. The quantitative estimate of drug-likeness (QED) is 0.787. The summed E-state index contributed by atoms with van der Waals surface area (Å²) in [6.07, 6.45) is -2.49. The molecule has 0 aromatic carbocycles. The fourth-order valence-corrected chi connectivity index (χ4v) is 2.86. The molecule has 2 aliphatic rings. The fraction of sp³-hybridized carbons (Fsp3) is 0.615. The number of nitrogens with one attached hydrogen (secondary N) is 1. The van der Waals surface area contributed by atoms with Crippen molar-refractivity contribution in [3.8, 4) is 0 Å². The molecule has 1 fully saturated rings. The van der Waals surface area contributed by atoms with Gasteiger partial charge < -0.3 is 15.1 Å². The highest BCUT2D eigenvalue weighted by Gasteiger charge is 2.35. The number of halogens is 3. The summed E-state index contributed by atoms with van der Waals surface area (Å²) in [5, 5.41) is 3.33. The molecule has 3 heterocycles. The monoisotopic (exact) mass is 286 g/mol. The minimum absolute atomic E-state index is 0.302. The number of anilines is 2. The Morgan fingerprint density at radius 2 is 2.15 bits per heavy atom. The van der Waals surface area contributed by atoms with Crippen LogP contribution in [0, 0.1) is 0 Å². The summed E-state index contributed by atoms with van der Waals surface area (Å²) in [5.41, 5.74) is -0.110. The maximum atomic E-state index is 12.8. The van der Waals surface area contributed by atoms with Crippen molar-refractivity contribution >= 4 is 11.5 Å². The first-order valence-corrected chi connectivity index (χ1v) is 6.72. The van der Waals surface area contributed by atoms with E-state index in [0.29, 0.717) is 17.5 Å². The molecule has 0 saturated carbocycles. The molecule has 0 bridgehead atoms. The summed E-state index contributed by atoms with van der Waals surface area (Å²) >= 11 is 0. The van der Waals surface area contributed by atoms with Gasteiger partial charge in [0.1, 0.15) is 0 Å². The van der Waals surface area contributed by atoms with E-state index in [0.717, 1.165) is 38.8 Å². The summed E-state index contributed by atoms with van der Waals surface area (Å²) < 4.78 is 38.5. The molecule has 4 nitrogen and oxygen atoms in total. The molecule has 20 heavy (non-hydrogen) atoms. The molecule has 1 aromatic heterocycles. The van der Waals surface area contributed by atoms with Gasteiger partial charge in [-0.1, -0.05) is 0 Å². The van der Waals surface area contributed by atoms with Gasteiger partial charge in [-0.05, 0) is 12.5 Å². The third-order valence-corrected chi connectivity index (χ3v) is 4.01. The van der Waals surface area contributed by atoms with Crippen LogP contribution >= 0.6 is 0 Å². The third kappa shape index (κ3) is 2.30. The van der Waals surface area contributed by atoms with Crippen LogP contribution < -0.4 is 15.1 Å². The van der Waals surface area contributed by atoms with Crippen molar-refractivity contribution in [1.82, 2.24) is 10.3 Å². The molecule has 0 aliphatic carbocycles. The number of hydrogen-bond donors (Lipinski definition) is 1. The average Bonchev–Trinajstić information content (AvgIpc) is 2.56. The van der Waals surface area contributed by atoms with Crippen molar-refractivity contribution in [2.75, 3.05) is 43.0 Å².